The lowest BCUT2D eigenvalue weighted by atomic mass is 9.96. The molecule has 74 valence electrons. The summed E-state index contributed by atoms with van der Waals surface area (Å²) in [6.07, 6.45) is 5.55. The lowest BCUT2D eigenvalue weighted by molar-refractivity contribution is 0.895. The maximum absolute atomic E-state index is 5.97. The first-order chi connectivity index (χ1) is 6.72. The number of fused-ring (bicyclic) bond motifs is 1. The average Bonchev–Trinajstić information content (AvgIpc) is 2.62. The third-order valence-corrected chi connectivity index (χ3v) is 3.09. The fraction of sp³-hybridized carbons (Fsp3) is 0.385. The molecule has 1 aliphatic carbocycles. The van der Waals surface area contributed by atoms with E-state index >= 15 is 0 Å². The molecule has 0 aliphatic heterocycles. The van der Waals surface area contributed by atoms with Crippen LogP contribution >= 0.6 is 0 Å². The molecule has 14 heavy (non-hydrogen) atoms. The van der Waals surface area contributed by atoms with Gasteiger partial charge >= 0.3 is 0 Å². The molecule has 1 aromatic rings. The molecule has 2 rings (SSSR count). The highest BCUT2D eigenvalue weighted by Gasteiger charge is 2.14. The molecule has 0 unspecified atom stereocenters. The van der Waals surface area contributed by atoms with Gasteiger partial charge in [-0.1, -0.05) is 18.2 Å². The Bertz CT molecular complexity index is 366. The van der Waals surface area contributed by atoms with Crippen molar-refractivity contribution in [3.05, 3.63) is 47.0 Å². The zero-order valence-corrected chi connectivity index (χ0v) is 8.72. The molecule has 0 amide bonds. The van der Waals surface area contributed by atoms with Crippen molar-refractivity contribution in [1.29, 1.82) is 0 Å². The Kier molecular flexibility index (Phi) is 2.42. The molecule has 2 N–H and O–H groups in total. The molecule has 0 bridgehead atoms. The van der Waals surface area contributed by atoms with Gasteiger partial charge in [-0.2, -0.15) is 0 Å². The Labute approximate surface area is 85.6 Å². The SMILES string of the molecule is C=C[C@H](N)c1cc2c(cc1C)CCC2. The van der Waals surface area contributed by atoms with Crippen molar-refractivity contribution >= 4 is 0 Å². The van der Waals surface area contributed by atoms with Gasteiger partial charge in [0.15, 0.2) is 0 Å². The summed E-state index contributed by atoms with van der Waals surface area (Å²) in [5.74, 6) is 0. The van der Waals surface area contributed by atoms with Crippen LogP contribution in [0.5, 0.6) is 0 Å². The first-order valence-corrected chi connectivity index (χ1v) is 5.23. The van der Waals surface area contributed by atoms with Crippen LogP contribution in [-0.4, -0.2) is 0 Å². The van der Waals surface area contributed by atoms with E-state index in [1.165, 1.54) is 41.5 Å². The maximum atomic E-state index is 5.97. The highest BCUT2D eigenvalue weighted by Crippen LogP contribution is 2.27. The van der Waals surface area contributed by atoms with Gasteiger partial charge in [0.2, 0.25) is 0 Å². The zero-order chi connectivity index (χ0) is 10.1. The Balaban J connectivity index is 2.47. The van der Waals surface area contributed by atoms with Gasteiger partial charge in [0, 0.05) is 6.04 Å². The molecule has 1 heteroatoms. The summed E-state index contributed by atoms with van der Waals surface area (Å²) in [4.78, 5) is 0. The maximum Gasteiger partial charge on any atom is 0.0481 e. The fourth-order valence-electron chi connectivity index (χ4n) is 2.25. The van der Waals surface area contributed by atoms with Crippen LogP contribution in [0.25, 0.3) is 0 Å². The summed E-state index contributed by atoms with van der Waals surface area (Å²) in [6.45, 7) is 5.88. The van der Waals surface area contributed by atoms with E-state index in [1.54, 1.807) is 0 Å². The summed E-state index contributed by atoms with van der Waals surface area (Å²) in [6, 6.07) is 4.55. The molecule has 1 aromatic carbocycles. The molecule has 1 atom stereocenters. The standard InChI is InChI=1S/C13H17N/c1-3-13(14)12-8-11-6-4-5-10(11)7-9(12)2/h3,7-8,13H,1,4-6,14H2,2H3/t13-/m0/s1. The molecule has 0 spiro atoms. The van der Waals surface area contributed by atoms with Crippen LogP contribution in [-0.2, 0) is 12.8 Å². The molecular formula is C13H17N. The minimum atomic E-state index is -0.0131. The largest absolute Gasteiger partial charge is 0.321 e. The number of benzene rings is 1. The molecule has 0 fully saturated rings. The minimum Gasteiger partial charge on any atom is -0.321 e. The Hall–Kier alpha value is -1.08. The Morgan fingerprint density at radius 2 is 2.00 bits per heavy atom. The van der Waals surface area contributed by atoms with E-state index in [9.17, 15) is 0 Å². The smallest absolute Gasteiger partial charge is 0.0481 e. The van der Waals surface area contributed by atoms with E-state index in [0.717, 1.165) is 0 Å². The predicted octanol–water partition coefficient (Wildman–Crippen LogP) is 2.67. The van der Waals surface area contributed by atoms with Gasteiger partial charge in [-0.25, -0.2) is 0 Å². The molecular weight excluding hydrogens is 170 g/mol. The van der Waals surface area contributed by atoms with Gasteiger partial charge in [0.05, 0.1) is 0 Å². The van der Waals surface area contributed by atoms with Crippen LogP contribution in [0.1, 0.15) is 34.7 Å². The number of rotatable bonds is 2. The summed E-state index contributed by atoms with van der Waals surface area (Å²) in [5, 5.41) is 0. The monoisotopic (exact) mass is 187 g/mol. The average molecular weight is 187 g/mol. The van der Waals surface area contributed by atoms with Crippen molar-refractivity contribution in [2.24, 2.45) is 5.73 Å². The third kappa shape index (κ3) is 1.48. The first-order valence-electron chi connectivity index (χ1n) is 5.23. The number of hydrogen-bond donors (Lipinski definition) is 1. The van der Waals surface area contributed by atoms with E-state index in [2.05, 4.69) is 25.6 Å². The molecule has 0 aromatic heterocycles. The van der Waals surface area contributed by atoms with Crippen molar-refractivity contribution in [3.8, 4) is 0 Å². The molecule has 0 saturated heterocycles. The lowest BCUT2D eigenvalue weighted by Crippen LogP contribution is -2.09. The number of nitrogens with two attached hydrogens (primary N) is 1. The van der Waals surface area contributed by atoms with E-state index in [4.69, 9.17) is 5.73 Å². The zero-order valence-electron chi connectivity index (χ0n) is 8.72. The van der Waals surface area contributed by atoms with Gasteiger partial charge in [0.25, 0.3) is 0 Å². The molecule has 0 heterocycles. The Morgan fingerprint density at radius 1 is 1.36 bits per heavy atom. The van der Waals surface area contributed by atoms with E-state index in [1.807, 2.05) is 6.08 Å². The number of aryl methyl sites for hydroxylation is 3. The van der Waals surface area contributed by atoms with Gasteiger partial charge < -0.3 is 5.73 Å². The van der Waals surface area contributed by atoms with Crippen molar-refractivity contribution in [1.82, 2.24) is 0 Å². The van der Waals surface area contributed by atoms with Crippen LogP contribution in [0, 0.1) is 6.92 Å². The number of hydrogen-bond acceptors (Lipinski definition) is 1. The van der Waals surface area contributed by atoms with Crippen molar-refractivity contribution in [2.75, 3.05) is 0 Å². The predicted molar refractivity (Wildman–Crippen MR) is 60.3 cm³/mol. The quantitative estimate of drug-likeness (QED) is 0.708. The van der Waals surface area contributed by atoms with Crippen LogP contribution in [0.15, 0.2) is 24.8 Å². The van der Waals surface area contributed by atoms with Crippen LogP contribution in [0.4, 0.5) is 0 Å². The first kappa shape index (κ1) is 9.47. The molecule has 1 aliphatic rings. The second kappa shape index (κ2) is 3.58. The third-order valence-electron chi connectivity index (χ3n) is 3.09. The van der Waals surface area contributed by atoms with Crippen LogP contribution in [0.2, 0.25) is 0 Å². The summed E-state index contributed by atoms with van der Waals surface area (Å²) >= 11 is 0. The fourth-order valence-corrected chi connectivity index (χ4v) is 2.25. The Morgan fingerprint density at radius 3 is 2.64 bits per heavy atom. The highest BCUT2D eigenvalue weighted by atomic mass is 14.6. The van der Waals surface area contributed by atoms with Gasteiger partial charge in [-0.05, 0) is 48.4 Å². The lowest BCUT2D eigenvalue weighted by Gasteiger charge is -2.13. The van der Waals surface area contributed by atoms with E-state index < -0.39 is 0 Å². The van der Waals surface area contributed by atoms with Gasteiger partial charge in [-0.3, -0.25) is 0 Å². The normalized spacial score (nSPS) is 16.4. The van der Waals surface area contributed by atoms with E-state index in [0.29, 0.717) is 0 Å². The molecule has 0 radical (unpaired) electrons. The van der Waals surface area contributed by atoms with Crippen LogP contribution < -0.4 is 5.73 Å². The highest BCUT2D eigenvalue weighted by molar-refractivity contribution is 5.42. The van der Waals surface area contributed by atoms with Crippen molar-refractivity contribution in [2.45, 2.75) is 32.2 Å². The summed E-state index contributed by atoms with van der Waals surface area (Å²) in [7, 11) is 0. The van der Waals surface area contributed by atoms with E-state index in [-0.39, 0.29) is 6.04 Å². The molecule has 0 saturated carbocycles. The molecule has 1 nitrogen and oxygen atoms in total. The second-order valence-electron chi connectivity index (χ2n) is 4.09. The van der Waals surface area contributed by atoms with Crippen LogP contribution in [0.3, 0.4) is 0 Å². The van der Waals surface area contributed by atoms with Gasteiger partial charge in [-0.15, -0.1) is 6.58 Å². The van der Waals surface area contributed by atoms with Gasteiger partial charge in [0.1, 0.15) is 0 Å². The van der Waals surface area contributed by atoms with Crippen molar-refractivity contribution in [3.63, 3.8) is 0 Å². The topological polar surface area (TPSA) is 26.0 Å². The van der Waals surface area contributed by atoms with Crippen molar-refractivity contribution < 1.29 is 0 Å². The second-order valence-corrected chi connectivity index (χ2v) is 4.09. The summed E-state index contributed by atoms with van der Waals surface area (Å²) < 4.78 is 0. The minimum absolute atomic E-state index is 0.0131. The summed E-state index contributed by atoms with van der Waals surface area (Å²) in [5.41, 5.74) is 11.5.